The Labute approximate surface area is 113 Å². The summed E-state index contributed by atoms with van der Waals surface area (Å²) in [7, 11) is 0. The minimum absolute atomic E-state index is 0. The molecule has 0 unspecified atom stereocenters. The molecule has 98 valence electrons. The number of nitrogens with zero attached hydrogens (tertiary/aromatic N) is 1. The molecule has 2 aliphatic rings. The summed E-state index contributed by atoms with van der Waals surface area (Å²) in [4.78, 5) is 14.1. The zero-order chi connectivity index (χ0) is 11.7. The quantitative estimate of drug-likeness (QED) is 0.840. The lowest BCUT2D eigenvalue weighted by molar-refractivity contribution is 0.0303. The number of anilines is 1. The Bertz CT molecular complexity index is 445. The molecule has 0 saturated carbocycles. The molecule has 2 aliphatic heterocycles. The number of hydrogen-bond donors (Lipinski definition) is 1. The van der Waals surface area contributed by atoms with Gasteiger partial charge in [-0.05, 0) is 30.2 Å². The van der Waals surface area contributed by atoms with E-state index >= 15 is 0 Å². The van der Waals surface area contributed by atoms with Gasteiger partial charge in [0.2, 0.25) is 0 Å². The Balaban J connectivity index is 0.00000120. The van der Waals surface area contributed by atoms with Crippen LogP contribution in [-0.2, 0) is 11.2 Å². The molecule has 0 spiro atoms. The van der Waals surface area contributed by atoms with Gasteiger partial charge in [0.15, 0.2) is 0 Å². The Morgan fingerprint density at radius 2 is 2.06 bits per heavy atom. The van der Waals surface area contributed by atoms with Gasteiger partial charge >= 0.3 is 0 Å². The number of hydrogen-bond acceptors (Lipinski definition) is 3. The van der Waals surface area contributed by atoms with Crippen molar-refractivity contribution in [1.29, 1.82) is 0 Å². The molecule has 1 aromatic rings. The van der Waals surface area contributed by atoms with Gasteiger partial charge < -0.3 is 15.0 Å². The molecule has 0 aliphatic carbocycles. The van der Waals surface area contributed by atoms with E-state index in [1.807, 2.05) is 23.1 Å². The van der Waals surface area contributed by atoms with Crippen LogP contribution >= 0.6 is 12.4 Å². The van der Waals surface area contributed by atoms with Crippen LogP contribution in [0.5, 0.6) is 0 Å². The summed E-state index contributed by atoms with van der Waals surface area (Å²) in [6, 6.07) is 5.94. The van der Waals surface area contributed by atoms with Crippen LogP contribution in [0.3, 0.4) is 0 Å². The molecule has 18 heavy (non-hydrogen) atoms. The summed E-state index contributed by atoms with van der Waals surface area (Å²) in [6.07, 6.45) is 1.01. The van der Waals surface area contributed by atoms with E-state index in [2.05, 4.69) is 5.32 Å². The number of fused-ring (bicyclic) bond motifs is 1. The van der Waals surface area contributed by atoms with Crippen molar-refractivity contribution in [2.75, 3.05) is 38.2 Å². The van der Waals surface area contributed by atoms with Crippen molar-refractivity contribution in [3.8, 4) is 0 Å². The third-order valence-corrected chi connectivity index (χ3v) is 3.36. The number of carbonyl (C=O) groups excluding carboxylic acids is 1. The van der Waals surface area contributed by atoms with Crippen LogP contribution < -0.4 is 5.32 Å². The first-order valence-corrected chi connectivity index (χ1v) is 6.08. The average Bonchev–Trinajstić information content (AvgIpc) is 2.86. The van der Waals surface area contributed by atoms with Crippen molar-refractivity contribution in [2.45, 2.75) is 6.42 Å². The van der Waals surface area contributed by atoms with Crippen LogP contribution in [-0.4, -0.2) is 43.7 Å². The van der Waals surface area contributed by atoms with Crippen molar-refractivity contribution < 1.29 is 9.53 Å². The topological polar surface area (TPSA) is 41.6 Å². The molecule has 4 nitrogen and oxygen atoms in total. The number of halogens is 1. The second-order valence-electron chi connectivity index (χ2n) is 4.45. The first-order chi connectivity index (χ1) is 8.34. The smallest absolute Gasteiger partial charge is 0.254 e. The zero-order valence-corrected chi connectivity index (χ0v) is 11.0. The SMILES string of the molecule is Cl.O=C(c1ccc2c(c1)CCN2)N1CCOCC1. The first-order valence-electron chi connectivity index (χ1n) is 6.08. The van der Waals surface area contributed by atoms with Crippen molar-refractivity contribution in [3.05, 3.63) is 29.3 Å². The van der Waals surface area contributed by atoms with Crippen LogP contribution in [0.25, 0.3) is 0 Å². The standard InChI is InChI=1S/C13H16N2O2.ClH/c16-13(15-5-7-17-8-6-15)11-1-2-12-10(9-11)3-4-14-12;/h1-2,9,14H,3-8H2;1H. The Kier molecular flexibility index (Phi) is 4.09. The predicted molar refractivity (Wildman–Crippen MR) is 72.6 cm³/mol. The van der Waals surface area contributed by atoms with Crippen LogP contribution in [0, 0.1) is 0 Å². The molecular weight excluding hydrogens is 252 g/mol. The monoisotopic (exact) mass is 268 g/mol. The van der Waals surface area contributed by atoms with Gasteiger partial charge in [-0.3, -0.25) is 4.79 Å². The van der Waals surface area contributed by atoms with Gasteiger partial charge in [0.25, 0.3) is 5.91 Å². The maximum atomic E-state index is 12.2. The van der Waals surface area contributed by atoms with Gasteiger partial charge in [-0.2, -0.15) is 0 Å². The highest BCUT2D eigenvalue weighted by Gasteiger charge is 2.20. The predicted octanol–water partition coefficient (Wildman–Crippen LogP) is 1.55. The van der Waals surface area contributed by atoms with Crippen molar-refractivity contribution in [2.24, 2.45) is 0 Å². The van der Waals surface area contributed by atoms with Gasteiger partial charge in [0, 0.05) is 30.9 Å². The van der Waals surface area contributed by atoms with Crippen molar-refractivity contribution >= 4 is 24.0 Å². The zero-order valence-electron chi connectivity index (χ0n) is 10.1. The van der Waals surface area contributed by atoms with Crippen LogP contribution in [0.4, 0.5) is 5.69 Å². The highest BCUT2D eigenvalue weighted by atomic mass is 35.5. The van der Waals surface area contributed by atoms with Crippen LogP contribution in [0.2, 0.25) is 0 Å². The summed E-state index contributed by atoms with van der Waals surface area (Å²) in [5, 5.41) is 3.30. The molecule has 1 fully saturated rings. The van der Waals surface area contributed by atoms with E-state index in [4.69, 9.17) is 4.74 Å². The average molecular weight is 269 g/mol. The first kappa shape index (κ1) is 13.2. The molecule has 1 aromatic carbocycles. The third kappa shape index (κ3) is 2.44. The van der Waals surface area contributed by atoms with E-state index in [1.54, 1.807) is 0 Å². The second-order valence-corrected chi connectivity index (χ2v) is 4.45. The summed E-state index contributed by atoms with van der Waals surface area (Å²) in [6.45, 7) is 3.68. The molecule has 2 heterocycles. The molecule has 3 rings (SSSR count). The highest BCUT2D eigenvalue weighted by molar-refractivity contribution is 5.95. The highest BCUT2D eigenvalue weighted by Crippen LogP contribution is 2.23. The molecule has 0 atom stereocenters. The largest absolute Gasteiger partial charge is 0.384 e. The molecule has 0 aromatic heterocycles. The third-order valence-electron chi connectivity index (χ3n) is 3.36. The van der Waals surface area contributed by atoms with E-state index in [1.165, 1.54) is 11.3 Å². The van der Waals surface area contributed by atoms with Crippen molar-refractivity contribution in [3.63, 3.8) is 0 Å². The Morgan fingerprint density at radius 1 is 1.28 bits per heavy atom. The Hall–Kier alpha value is -1.26. The number of carbonyl (C=O) groups is 1. The fourth-order valence-corrected chi connectivity index (χ4v) is 2.39. The second kappa shape index (κ2) is 5.59. The number of benzene rings is 1. The van der Waals surface area contributed by atoms with E-state index in [-0.39, 0.29) is 18.3 Å². The molecule has 1 amide bonds. The number of ether oxygens (including phenoxy) is 1. The Morgan fingerprint density at radius 3 is 2.83 bits per heavy atom. The summed E-state index contributed by atoms with van der Waals surface area (Å²) < 4.78 is 5.26. The van der Waals surface area contributed by atoms with Gasteiger partial charge in [0.05, 0.1) is 13.2 Å². The maximum Gasteiger partial charge on any atom is 0.254 e. The molecule has 5 heteroatoms. The molecule has 1 saturated heterocycles. The lowest BCUT2D eigenvalue weighted by Gasteiger charge is -2.27. The molecule has 0 bridgehead atoms. The van der Waals surface area contributed by atoms with Gasteiger partial charge in [-0.1, -0.05) is 0 Å². The number of amides is 1. The van der Waals surface area contributed by atoms with Gasteiger partial charge in [0.1, 0.15) is 0 Å². The fraction of sp³-hybridized carbons (Fsp3) is 0.462. The van der Waals surface area contributed by atoms with E-state index in [0.717, 1.165) is 18.5 Å². The normalized spacial score (nSPS) is 17.7. The van der Waals surface area contributed by atoms with Crippen LogP contribution in [0.15, 0.2) is 18.2 Å². The summed E-state index contributed by atoms with van der Waals surface area (Å²) in [5.41, 5.74) is 3.22. The number of morpholine rings is 1. The molecule has 0 radical (unpaired) electrons. The minimum atomic E-state index is 0. The van der Waals surface area contributed by atoms with Gasteiger partial charge in [-0.15, -0.1) is 12.4 Å². The number of rotatable bonds is 1. The number of nitrogens with one attached hydrogen (secondary N) is 1. The molecular formula is C13H17ClN2O2. The summed E-state index contributed by atoms with van der Waals surface area (Å²) in [5.74, 6) is 0.128. The lowest BCUT2D eigenvalue weighted by atomic mass is 10.1. The lowest BCUT2D eigenvalue weighted by Crippen LogP contribution is -2.40. The van der Waals surface area contributed by atoms with E-state index < -0.39 is 0 Å². The van der Waals surface area contributed by atoms with E-state index in [0.29, 0.717) is 26.3 Å². The van der Waals surface area contributed by atoms with E-state index in [9.17, 15) is 4.79 Å². The fourth-order valence-electron chi connectivity index (χ4n) is 2.39. The minimum Gasteiger partial charge on any atom is -0.384 e. The summed E-state index contributed by atoms with van der Waals surface area (Å²) >= 11 is 0. The maximum absolute atomic E-state index is 12.2. The van der Waals surface area contributed by atoms with Crippen LogP contribution in [0.1, 0.15) is 15.9 Å². The van der Waals surface area contributed by atoms with Gasteiger partial charge in [-0.25, -0.2) is 0 Å². The molecule has 1 N–H and O–H groups in total. The van der Waals surface area contributed by atoms with Crippen molar-refractivity contribution in [1.82, 2.24) is 4.90 Å².